The van der Waals surface area contributed by atoms with Crippen LogP contribution in [0.4, 0.5) is 0 Å². The van der Waals surface area contributed by atoms with Gasteiger partial charge >= 0.3 is 5.97 Å². The first kappa shape index (κ1) is 23.2. The predicted molar refractivity (Wildman–Crippen MR) is 133 cm³/mol. The predicted octanol–water partition coefficient (Wildman–Crippen LogP) is 4.76. The van der Waals surface area contributed by atoms with Crippen LogP contribution in [-0.4, -0.2) is 34.2 Å². The highest BCUT2D eigenvalue weighted by Crippen LogP contribution is 2.26. The molecule has 170 valence electrons. The Balaban J connectivity index is 1.37. The van der Waals surface area contributed by atoms with Crippen molar-refractivity contribution in [3.63, 3.8) is 0 Å². The molecule has 0 atom stereocenters. The van der Waals surface area contributed by atoms with Crippen molar-refractivity contribution in [3.8, 4) is 22.5 Å². The average molecular weight is 470 g/mol. The number of hydrogen-bond acceptors (Lipinski definition) is 6. The van der Waals surface area contributed by atoms with Gasteiger partial charge in [-0.15, -0.1) is 0 Å². The highest BCUT2D eigenvalue weighted by atomic mass is 32.2. The molecule has 1 heterocycles. The van der Waals surface area contributed by atoms with E-state index in [9.17, 15) is 9.59 Å². The van der Waals surface area contributed by atoms with Gasteiger partial charge in [0.2, 0.25) is 0 Å². The van der Waals surface area contributed by atoms with E-state index in [4.69, 9.17) is 4.74 Å². The second-order valence-electron chi connectivity index (χ2n) is 7.36. The number of carbonyl (C=O) groups excluding carboxylic acids is 2. The Labute approximate surface area is 202 Å². The number of rotatable bonds is 9. The van der Waals surface area contributed by atoms with Crippen LogP contribution >= 0.6 is 11.8 Å². The lowest BCUT2D eigenvalue weighted by atomic mass is 10.1. The molecule has 0 radical (unpaired) electrons. The molecule has 6 nitrogen and oxygen atoms in total. The maximum absolute atomic E-state index is 12.2. The first-order chi connectivity index (χ1) is 16.7. The quantitative estimate of drug-likeness (QED) is 0.216. The van der Waals surface area contributed by atoms with Crippen LogP contribution in [0.5, 0.6) is 0 Å². The Hall–Kier alpha value is -3.97. The van der Waals surface area contributed by atoms with E-state index < -0.39 is 5.97 Å². The standard InChI is InChI=1S/C27H23N3O3S/c31-25(28-17-20-10-4-1-5-11-20)18-33-26(32)19-34-27-29-23(21-12-6-2-7-13-21)16-24(30-27)22-14-8-3-9-15-22/h1-16H,17-19H2,(H,28,31). The van der Waals surface area contributed by atoms with E-state index in [0.717, 1.165) is 28.1 Å². The number of hydrogen-bond donors (Lipinski definition) is 1. The highest BCUT2D eigenvalue weighted by Gasteiger charge is 2.13. The van der Waals surface area contributed by atoms with Gasteiger partial charge in [-0.3, -0.25) is 9.59 Å². The Morgan fingerprint density at radius 3 is 1.85 bits per heavy atom. The lowest BCUT2D eigenvalue weighted by Crippen LogP contribution is -2.28. The molecule has 1 N–H and O–H groups in total. The van der Waals surface area contributed by atoms with Crippen LogP contribution in [-0.2, 0) is 20.9 Å². The lowest BCUT2D eigenvalue weighted by Gasteiger charge is -2.09. The Morgan fingerprint density at radius 2 is 1.29 bits per heavy atom. The minimum Gasteiger partial charge on any atom is -0.455 e. The molecule has 0 saturated heterocycles. The molecular formula is C27H23N3O3S. The summed E-state index contributed by atoms with van der Waals surface area (Å²) in [6.45, 7) is 0.0563. The van der Waals surface area contributed by atoms with Crippen molar-refractivity contribution >= 4 is 23.6 Å². The SMILES string of the molecule is O=C(COC(=O)CSc1nc(-c2ccccc2)cc(-c2ccccc2)n1)NCc1ccccc1. The molecule has 0 saturated carbocycles. The summed E-state index contributed by atoms with van der Waals surface area (Å²) in [7, 11) is 0. The number of amides is 1. The van der Waals surface area contributed by atoms with Crippen molar-refractivity contribution in [3.05, 3.63) is 103 Å². The molecule has 1 amide bonds. The molecular weight excluding hydrogens is 446 g/mol. The number of benzene rings is 3. The molecule has 0 aliphatic heterocycles. The fourth-order valence-corrected chi connectivity index (χ4v) is 3.82. The minimum atomic E-state index is -0.505. The topological polar surface area (TPSA) is 81.2 Å². The summed E-state index contributed by atoms with van der Waals surface area (Å²) in [4.78, 5) is 33.5. The molecule has 7 heteroatoms. The van der Waals surface area contributed by atoms with Crippen molar-refractivity contribution in [2.75, 3.05) is 12.4 Å². The number of esters is 1. The summed E-state index contributed by atoms with van der Waals surface area (Å²) in [5.41, 5.74) is 4.43. The number of nitrogens with zero attached hydrogens (tertiary/aromatic N) is 2. The first-order valence-electron chi connectivity index (χ1n) is 10.8. The number of carbonyl (C=O) groups is 2. The molecule has 0 bridgehead atoms. The second kappa shape index (κ2) is 11.8. The summed E-state index contributed by atoms with van der Waals surface area (Å²) in [6, 6.07) is 31.1. The maximum Gasteiger partial charge on any atom is 0.316 e. The van der Waals surface area contributed by atoms with E-state index in [-0.39, 0.29) is 18.3 Å². The van der Waals surface area contributed by atoms with Crippen LogP contribution in [0.1, 0.15) is 5.56 Å². The minimum absolute atomic E-state index is 0.00155. The second-order valence-corrected chi connectivity index (χ2v) is 8.31. The van der Waals surface area contributed by atoms with Gasteiger partial charge in [-0.05, 0) is 11.6 Å². The van der Waals surface area contributed by atoms with Crippen molar-refractivity contribution in [1.82, 2.24) is 15.3 Å². The molecule has 0 aliphatic rings. The van der Waals surface area contributed by atoms with Gasteiger partial charge in [0.25, 0.3) is 5.91 Å². The molecule has 0 unspecified atom stereocenters. The third-order valence-corrected chi connectivity index (χ3v) is 5.68. The normalized spacial score (nSPS) is 10.5. The van der Waals surface area contributed by atoms with Crippen molar-refractivity contribution in [2.45, 2.75) is 11.7 Å². The fraction of sp³-hybridized carbons (Fsp3) is 0.111. The van der Waals surface area contributed by atoms with Crippen LogP contribution in [0.3, 0.4) is 0 Å². The summed E-state index contributed by atoms with van der Waals surface area (Å²) in [6.07, 6.45) is 0. The van der Waals surface area contributed by atoms with Crippen molar-refractivity contribution in [1.29, 1.82) is 0 Å². The maximum atomic E-state index is 12.2. The van der Waals surface area contributed by atoms with E-state index in [1.165, 1.54) is 11.8 Å². The molecule has 0 spiro atoms. The summed E-state index contributed by atoms with van der Waals surface area (Å²) in [5.74, 6) is -0.857. The Morgan fingerprint density at radius 1 is 0.765 bits per heavy atom. The monoisotopic (exact) mass is 469 g/mol. The van der Waals surface area contributed by atoms with Crippen LogP contribution in [0.15, 0.2) is 102 Å². The highest BCUT2D eigenvalue weighted by molar-refractivity contribution is 7.99. The molecule has 4 rings (SSSR count). The van der Waals surface area contributed by atoms with Gasteiger partial charge in [-0.2, -0.15) is 0 Å². The van der Waals surface area contributed by atoms with E-state index in [2.05, 4.69) is 15.3 Å². The van der Waals surface area contributed by atoms with Crippen LogP contribution < -0.4 is 5.32 Å². The number of thioether (sulfide) groups is 1. The summed E-state index contributed by atoms with van der Waals surface area (Å²) < 4.78 is 5.12. The zero-order valence-electron chi connectivity index (χ0n) is 18.4. The van der Waals surface area contributed by atoms with E-state index in [1.54, 1.807) is 0 Å². The van der Waals surface area contributed by atoms with Crippen LogP contribution in [0.25, 0.3) is 22.5 Å². The van der Waals surface area contributed by atoms with Crippen molar-refractivity contribution in [2.24, 2.45) is 0 Å². The number of ether oxygens (including phenoxy) is 1. The molecule has 0 fully saturated rings. The van der Waals surface area contributed by atoms with Gasteiger partial charge in [0.15, 0.2) is 11.8 Å². The summed E-state index contributed by atoms with van der Waals surface area (Å²) >= 11 is 1.18. The van der Waals surface area contributed by atoms with Gasteiger partial charge < -0.3 is 10.1 Å². The zero-order valence-corrected chi connectivity index (χ0v) is 19.2. The largest absolute Gasteiger partial charge is 0.455 e. The number of nitrogens with one attached hydrogen (secondary N) is 1. The molecule has 3 aromatic carbocycles. The van der Waals surface area contributed by atoms with Gasteiger partial charge in [-0.1, -0.05) is 103 Å². The Bertz CT molecular complexity index is 1180. The third-order valence-electron chi connectivity index (χ3n) is 4.86. The average Bonchev–Trinajstić information content (AvgIpc) is 2.91. The van der Waals surface area contributed by atoms with Crippen LogP contribution in [0, 0.1) is 0 Å². The summed E-state index contributed by atoms with van der Waals surface area (Å²) in [5, 5.41) is 3.20. The van der Waals surface area contributed by atoms with Gasteiger partial charge in [-0.25, -0.2) is 9.97 Å². The van der Waals surface area contributed by atoms with E-state index >= 15 is 0 Å². The Kier molecular flexibility index (Phi) is 8.03. The van der Waals surface area contributed by atoms with Gasteiger partial charge in [0.1, 0.15) is 0 Å². The van der Waals surface area contributed by atoms with Gasteiger partial charge in [0, 0.05) is 17.7 Å². The zero-order chi connectivity index (χ0) is 23.6. The fourth-order valence-electron chi connectivity index (χ4n) is 3.16. The smallest absolute Gasteiger partial charge is 0.316 e. The molecule has 1 aromatic heterocycles. The third kappa shape index (κ3) is 6.76. The van der Waals surface area contributed by atoms with E-state index in [0.29, 0.717) is 11.7 Å². The number of aromatic nitrogens is 2. The first-order valence-corrected chi connectivity index (χ1v) is 11.7. The van der Waals surface area contributed by atoms with Gasteiger partial charge in [0.05, 0.1) is 17.1 Å². The van der Waals surface area contributed by atoms with Crippen molar-refractivity contribution < 1.29 is 14.3 Å². The van der Waals surface area contributed by atoms with Crippen LogP contribution in [0.2, 0.25) is 0 Å². The lowest BCUT2D eigenvalue weighted by molar-refractivity contribution is -0.145. The molecule has 34 heavy (non-hydrogen) atoms. The van der Waals surface area contributed by atoms with E-state index in [1.807, 2.05) is 97.1 Å². The molecule has 0 aliphatic carbocycles. The molecule has 4 aromatic rings.